The van der Waals surface area contributed by atoms with Gasteiger partial charge in [0.15, 0.2) is 5.78 Å². The van der Waals surface area contributed by atoms with Gasteiger partial charge in [0.25, 0.3) is 5.69 Å². The van der Waals surface area contributed by atoms with Gasteiger partial charge in [-0.15, -0.1) is 0 Å². The third-order valence-corrected chi connectivity index (χ3v) is 4.20. The van der Waals surface area contributed by atoms with Crippen LogP contribution < -0.4 is 5.18 Å². The fourth-order valence-electron chi connectivity index (χ4n) is 2.93. The molecule has 0 amide bonds. The number of Topliss-reactive ketones (excluding diaryl/α,β-unsaturated/α-hetero) is 1. The van der Waals surface area contributed by atoms with Crippen molar-refractivity contribution >= 4 is 23.5 Å². The number of ketones is 1. The average molecular weight is 339 g/mol. The van der Waals surface area contributed by atoms with Gasteiger partial charge in [0.2, 0.25) is 0 Å². The summed E-state index contributed by atoms with van der Waals surface area (Å²) in [6.45, 7) is 0. The normalized spacial score (nSPS) is 12.6. The highest BCUT2D eigenvalue weighted by atomic mass is 16.4. The molecule has 0 atom stereocenters. The van der Waals surface area contributed by atoms with Crippen molar-refractivity contribution in [3.8, 4) is 0 Å². The molecule has 0 aromatic heterocycles. The van der Waals surface area contributed by atoms with Gasteiger partial charge in [-0.3, -0.25) is 4.79 Å². The molecule has 0 spiro atoms. The lowest BCUT2D eigenvalue weighted by Crippen LogP contribution is -2.56. The molecule has 128 valence electrons. The molecule has 0 fully saturated rings. The number of hydrogen-bond donors (Lipinski definition) is 2. The quantitative estimate of drug-likeness (QED) is 0.862. The number of hydrogen-bond acceptors (Lipinski definition) is 4. The highest BCUT2D eigenvalue weighted by molar-refractivity contribution is 6.04. The van der Waals surface area contributed by atoms with Crippen molar-refractivity contribution in [2.75, 3.05) is 0 Å². The molecule has 6 heteroatoms. The number of carboxylic acids is 1. The summed E-state index contributed by atoms with van der Waals surface area (Å²) in [5, 5.41) is 10.9. The van der Waals surface area contributed by atoms with Crippen LogP contribution in [-0.2, 0) is 17.6 Å². The Hall–Kier alpha value is -3.12. The Bertz CT molecular complexity index is 870. The van der Waals surface area contributed by atoms with Gasteiger partial charge < -0.3 is 10.6 Å². The zero-order valence-electron chi connectivity index (χ0n) is 13.4. The summed E-state index contributed by atoms with van der Waals surface area (Å²) in [7, 11) is 0. The number of carbonyl (C=O) groups is 2. The van der Waals surface area contributed by atoms with E-state index in [0.717, 1.165) is 16.7 Å². The van der Waals surface area contributed by atoms with E-state index in [1.54, 1.807) is 30.3 Å². The molecule has 3 N–H and O–H groups in total. The number of aromatic carboxylic acids is 1. The molecular formula is C19H17NO5. The van der Waals surface area contributed by atoms with Crippen molar-refractivity contribution in [3.63, 3.8) is 0 Å². The van der Waals surface area contributed by atoms with E-state index in [-0.39, 0.29) is 23.2 Å². The van der Waals surface area contributed by atoms with E-state index in [1.807, 2.05) is 23.4 Å². The second-order valence-corrected chi connectivity index (χ2v) is 5.75. The van der Waals surface area contributed by atoms with Crippen LogP contribution in [0.15, 0.2) is 48.0 Å². The summed E-state index contributed by atoms with van der Waals surface area (Å²) in [4.78, 5) is 34.3. The lowest BCUT2D eigenvalue weighted by molar-refractivity contribution is -0.380. The first-order valence-corrected chi connectivity index (χ1v) is 7.64. The number of fused-ring (bicyclic) bond motifs is 1. The molecule has 0 saturated carbocycles. The Balaban J connectivity index is 0.00000225. The molecule has 6 nitrogen and oxygen atoms in total. The number of benzene rings is 2. The van der Waals surface area contributed by atoms with Crippen molar-refractivity contribution in [3.05, 3.63) is 75.2 Å². The summed E-state index contributed by atoms with van der Waals surface area (Å²) >= 11 is 0. The molecule has 1 aliphatic rings. The Morgan fingerprint density at radius 1 is 1.12 bits per heavy atom. The van der Waals surface area contributed by atoms with Gasteiger partial charge in [-0.05, 0) is 47.8 Å². The van der Waals surface area contributed by atoms with Crippen LogP contribution in [0.25, 0.3) is 6.08 Å². The first-order chi connectivity index (χ1) is 11.6. The molecule has 0 heterocycles. The second-order valence-electron chi connectivity index (χ2n) is 5.75. The molecule has 0 bridgehead atoms. The number of nitroso groups, excluding NO2 is 1. The van der Waals surface area contributed by atoms with Gasteiger partial charge in [-0.2, -0.15) is 0 Å². The van der Waals surface area contributed by atoms with Crippen LogP contribution >= 0.6 is 0 Å². The van der Waals surface area contributed by atoms with Crippen LogP contribution in [0.4, 0.5) is 5.69 Å². The van der Waals surface area contributed by atoms with Crippen LogP contribution in [0.5, 0.6) is 0 Å². The molecule has 0 radical (unpaired) electrons. The maximum Gasteiger partial charge on any atom is 0.335 e. The Morgan fingerprint density at radius 3 is 2.60 bits per heavy atom. The summed E-state index contributed by atoms with van der Waals surface area (Å²) in [5.74, 6) is -0.962. The Morgan fingerprint density at radius 2 is 1.88 bits per heavy atom. The molecule has 0 unspecified atom stereocenters. The van der Waals surface area contributed by atoms with E-state index in [4.69, 9.17) is 5.11 Å². The topological polar surface area (TPSA) is 115 Å². The SMILES string of the molecule is O=[NH+]c1cccc2c1CC(=O)C(CCc1cccc(C(=O)O)c1)=C2.[OH-]. The maximum atomic E-state index is 12.3. The number of rotatable bonds is 5. The van der Waals surface area contributed by atoms with Gasteiger partial charge in [0, 0.05) is 28.1 Å². The smallest absolute Gasteiger partial charge is 0.335 e. The van der Waals surface area contributed by atoms with E-state index in [2.05, 4.69) is 0 Å². The molecule has 0 aliphatic heterocycles. The third kappa shape index (κ3) is 3.87. The summed E-state index contributed by atoms with van der Waals surface area (Å²) < 4.78 is 0. The predicted molar refractivity (Wildman–Crippen MR) is 90.8 cm³/mol. The van der Waals surface area contributed by atoms with Gasteiger partial charge in [0.05, 0.1) is 5.56 Å². The number of allylic oxidation sites excluding steroid dienone is 1. The van der Waals surface area contributed by atoms with Crippen LogP contribution in [0, 0.1) is 4.91 Å². The molecule has 2 aromatic carbocycles. The molecule has 1 aliphatic carbocycles. The van der Waals surface area contributed by atoms with Crippen molar-refractivity contribution in [1.82, 2.24) is 0 Å². The van der Waals surface area contributed by atoms with E-state index >= 15 is 0 Å². The van der Waals surface area contributed by atoms with E-state index in [9.17, 15) is 14.5 Å². The van der Waals surface area contributed by atoms with Crippen molar-refractivity contribution in [1.29, 1.82) is 0 Å². The second kappa shape index (κ2) is 7.63. The van der Waals surface area contributed by atoms with Crippen LogP contribution in [0.2, 0.25) is 0 Å². The summed E-state index contributed by atoms with van der Waals surface area (Å²) in [6, 6.07) is 12.1. The van der Waals surface area contributed by atoms with Crippen molar-refractivity contribution < 1.29 is 25.3 Å². The van der Waals surface area contributed by atoms with Crippen molar-refractivity contribution in [2.24, 2.45) is 0 Å². The van der Waals surface area contributed by atoms with Crippen LogP contribution in [0.1, 0.15) is 33.5 Å². The van der Waals surface area contributed by atoms with Crippen LogP contribution in [0.3, 0.4) is 0 Å². The van der Waals surface area contributed by atoms with Crippen molar-refractivity contribution in [2.45, 2.75) is 19.3 Å². The Labute approximate surface area is 144 Å². The highest BCUT2D eigenvalue weighted by Crippen LogP contribution is 2.27. The third-order valence-electron chi connectivity index (χ3n) is 4.20. The highest BCUT2D eigenvalue weighted by Gasteiger charge is 2.23. The summed E-state index contributed by atoms with van der Waals surface area (Å²) in [6.07, 6.45) is 3.16. The minimum atomic E-state index is -0.962. The minimum Gasteiger partial charge on any atom is -0.870 e. The number of carboxylic acid groups (broad SMARTS) is 1. The first-order valence-electron chi connectivity index (χ1n) is 7.64. The van der Waals surface area contributed by atoms with Gasteiger partial charge in [0.1, 0.15) is 0 Å². The zero-order valence-corrected chi connectivity index (χ0v) is 13.4. The zero-order chi connectivity index (χ0) is 17.1. The fraction of sp³-hybridized carbons (Fsp3) is 0.158. The fourth-order valence-corrected chi connectivity index (χ4v) is 2.93. The van der Waals surface area contributed by atoms with E-state index < -0.39 is 5.97 Å². The maximum absolute atomic E-state index is 12.3. The van der Waals surface area contributed by atoms with E-state index in [0.29, 0.717) is 24.1 Å². The molecule has 0 saturated heterocycles. The lowest BCUT2D eigenvalue weighted by atomic mass is 9.87. The minimum absolute atomic E-state index is 0. The molecule has 25 heavy (non-hydrogen) atoms. The van der Waals surface area contributed by atoms with Crippen LogP contribution in [-0.4, -0.2) is 22.3 Å². The predicted octanol–water partition coefficient (Wildman–Crippen LogP) is 1.83. The Kier molecular flexibility index (Phi) is 5.56. The molecule has 3 rings (SSSR count). The number of carbonyl (C=O) groups excluding carboxylic acids is 1. The molecule has 2 aromatic rings. The first kappa shape index (κ1) is 18.2. The van der Waals surface area contributed by atoms with E-state index in [1.165, 1.54) is 0 Å². The van der Waals surface area contributed by atoms with Gasteiger partial charge in [-0.25, -0.2) is 4.79 Å². The molecular weight excluding hydrogens is 322 g/mol. The van der Waals surface area contributed by atoms with Gasteiger partial charge in [-0.1, -0.05) is 24.3 Å². The van der Waals surface area contributed by atoms with Gasteiger partial charge >= 0.3 is 5.97 Å². The number of nitrogens with one attached hydrogen (secondary N) is 1. The average Bonchev–Trinajstić information content (AvgIpc) is 2.59. The summed E-state index contributed by atoms with van der Waals surface area (Å²) in [5.41, 5.74) is 3.87. The largest absolute Gasteiger partial charge is 0.870 e. The number of aryl methyl sites for hydroxylation is 1. The monoisotopic (exact) mass is 339 g/mol. The lowest BCUT2D eigenvalue weighted by Gasteiger charge is -2.15. The standard InChI is InChI=1S/C19H15NO4.H2O/c21-18-11-16-13(4-2-6-17(16)20-24)10-14(18)8-7-12-3-1-5-15(9-12)19(22)23;/h1-6,9-10H,7-8,11H2,(H,22,23);1H2.